The molecule has 0 aromatic heterocycles. The maximum absolute atomic E-state index is 12.5. The molecule has 1 aromatic carbocycles. The van der Waals surface area contributed by atoms with Crippen LogP contribution in [0.25, 0.3) is 5.57 Å². The van der Waals surface area contributed by atoms with Gasteiger partial charge in [0.1, 0.15) is 5.76 Å². The number of imide groups is 1. The molecule has 5 nitrogen and oxygen atoms in total. The fourth-order valence-corrected chi connectivity index (χ4v) is 2.57. The Hall–Kier alpha value is -2.43. The number of anilines is 1. The Kier molecular flexibility index (Phi) is 4.17. The zero-order valence-electron chi connectivity index (χ0n) is 13.1. The lowest BCUT2D eigenvalue weighted by Gasteiger charge is -2.12. The summed E-state index contributed by atoms with van der Waals surface area (Å²) in [5, 5.41) is 10.3. The van der Waals surface area contributed by atoms with E-state index in [-0.39, 0.29) is 23.0 Å². The number of carbonyl (C=O) groups is 3. The van der Waals surface area contributed by atoms with Crippen molar-refractivity contribution in [2.24, 2.45) is 5.92 Å². The van der Waals surface area contributed by atoms with Crippen molar-refractivity contribution < 1.29 is 19.5 Å². The first-order valence-electron chi connectivity index (χ1n) is 7.16. The van der Waals surface area contributed by atoms with Crippen LogP contribution in [-0.2, 0) is 9.59 Å². The van der Waals surface area contributed by atoms with Gasteiger partial charge in [0.15, 0.2) is 5.78 Å². The lowest BCUT2D eigenvalue weighted by atomic mass is 9.98. The van der Waals surface area contributed by atoms with Gasteiger partial charge < -0.3 is 5.11 Å². The van der Waals surface area contributed by atoms with Gasteiger partial charge in [-0.2, -0.15) is 0 Å². The van der Waals surface area contributed by atoms with E-state index in [0.717, 1.165) is 4.90 Å². The lowest BCUT2D eigenvalue weighted by molar-refractivity contribution is -0.122. The SMILES string of the molecule is CC(=O)c1ccc2c(c1)/C(=C(/O)CC(C)C)C(=O)N2C(C)=O. The van der Waals surface area contributed by atoms with Crippen molar-refractivity contribution in [1.82, 2.24) is 0 Å². The average Bonchev–Trinajstić information content (AvgIpc) is 2.68. The summed E-state index contributed by atoms with van der Waals surface area (Å²) in [6, 6.07) is 4.71. The average molecular weight is 301 g/mol. The van der Waals surface area contributed by atoms with Crippen molar-refractivity contribution in [1.29, 1.82) is 0 Å². The monoisotopic (exact) mass is 301 g/mol. The van der Waals surface area contributed by atoms with Crippen LogP contribution in [0.4, 0.5) is 5.69 Å². The first-order valence-corrected chi connectivity index (χ1v) is 7.16. The van der Waals surface area contributed by atoms with Crippen molar-refractivity contribution in [2.45, 2.75) is 34.1 Å². The Bertz CT molecular complexity index is 701. The molecule has 0 atom stereocenters. The third-order valence-corrected chi connectivity index (χ3v) is 3.54. The topological polar surface area (TPSA) is 74.7 Å². The summed E-state index contributed by atoms with van der Waals surface area (Å²) in [6.07, 6.45) is 0.330. The minimum absolute atomic E-state index is 0.0503. The van der Waals surface area contributed by atoms with Crippen LogP contribution in [0.3, 0.4) is 0 Å². The molecule has 0 bridgehead atoms. The van der Waals surface area contributed by atoms with E-state index in [1.165, 1.54) is 13.8 Å². The second-order valence-electron chi connectivity index (χ2n) is 5.87. The number of Topliss-reactive ketones (excluding diaryl/α,β-unsaturated/α-hetero) is 1. The maximum Gasteiger partial charge on any atom is 0.269 e. The van der Waals surface area contributed by atoms with Gasteiger partial charge in [-0.25, -0.2) is 4.90 Å². The molecule has 0 radical (unpaired) electrons. The third kappa shape index (κ3) is 2.66. The predicted molar refractivity (Wildman–Crippen MR) is 83.6 cm³/mol. The van der Waals surface area contributed by atoms with Gasteiger partial charge in [-0.3, -0.25) is 14.4 Å². The lowest BCUT2D eigenvalue weighted by Crippen LogP contribution is -2.31. The van der Waals surface area contributed by atoms with Crippen LogP contribution in [-0.4, -0.2) is 22.7 Å². The molecule has 2 rings (SSSR count). The second-order valence-corrected chi connectivity index (χ2v) is 5.87. The molecule has 1 heterocycles. The second kappa shape index (κ2) is 5.75. The number of hydrogen-bond acceptors (Lipinski definition) is 4. The van der Waals surface area contributed by atoms with E-state index >= 15 is 0 Å². The Balaban J connectivity index is 2.68. The highest BCUT2D eigenvalue weighted by Gasteiger charge is 2.37. The molecule has 5 heteroatoms. The number of hydrogen-bond donors (Lipinski definition) is 1. The molecule has 1 aliphatic rings. The first kappa shape index (κ1) is 15.9. The molecule has 116 valence electrons. The van der Waals surface area contributed by atoms with Crippen LogP contribution in [0.15, 0.2) is 24.0 Å². The quantitative estimate of drug-likeness (QED) is 0.529. The molecule has 1 aromatic rings. The summed E-state index contributed by atoms with van der Waals surface area (Å²) in [4.78, 5) is 36.9. The van der Waals surface area contributed by atoms with Gasteiger partial charge >= 0.3 is 0 Å². The zero-order valence-corrected chi connectivity index (χ0v) is 13.1. The van der Waals surface area contributed by atoms with Crippen LogP contribution in [0.5, 0.6) is 0 Å². The van der Waals surface area contributed by atoms with E-state index < -0.39 is 11.8 Å². The van der Waals surface area contributed by atoms with Gasteiger partial charge in [0.2, 0.25) is 5.91 Å². The van der Waals surface area contributed by atoms with E-state index in [1.807, 2.05) is 13.8 Å². The number of benzene rings is 1. The molecule has 0 saturated carbocycles. The number of nitrogens with zero attached hydrogens (tertiary/aromatic N) is 1. The minimum Gasteiger partial charge on any atom is -0.511 e. The van der Waals surface area contributed by atoms with Crippen LogP contribution in [0.1, 0.15) is 50.0 Å². The Labute approximate surface area is 129 Å². The summed E-state index contributed by atoms with van der Waals surface area (Å²) >= 11 is 0. The van der Waals surface area contributed by atoms with Crippen LogP contribution in [0, 0.1) is 5.92 Å². The van der Waals surface area contributed by atoms with Gasteiger partial charge in [0, 0.05) is 24.5 Å². The molecule has 0 unspecified atom stereocenters. The number of allylic oxidation sites excluding steroid dienone is 1. The van der Waals surface area contributed by atoms with E-state index in [4.69, 9.17) is 0 Å². The van der Waals surface area contributed by atoms with Gasteiger partial charge in [-0.15, -0.1) is 0 Å². The number of aliphatic hydroxyl groups is 1. The summed E-state index contributed by atoms with van der Waals surface area (Å²) in [5.41, 5.74) is 1.40. The Morgan fingerprint density at radius 2 is 1.86 bits per heavy atom. The van der Waals surface area contributed by atoms with Crippen molar-refractivity contribution in [3.05, 3.63) is 35.1 Å². The van der Waals surface area contributed by atoms with Gasteiger partial charge in [0.25, 0.3) is 5.91 Å². The van der Waals surface area contributed by atoms with Crippen molar-refractivity contribution in [2.75, 3.05) is 4.90 Å². The maximum atomic E-state index is 12.5. The van der Waals surface area contributed by atoms with E-state index in [0.29, 0.717) is 23.2 Å². The number of fused-ring (bicyclic) bond motifs is 1. The highest BCUT2D eigenvalue weighted by molar-refractivity contribution is 6.40. The number of carbonyl (C=O) groups excluding carboxylic acids is 3. The predicted octanol–water partition coefficient (Wildman–Crippen LogP) is 3.10. The molecule has 0 aliphatic carbocycles. The van der Waals surface area contributed by atoms with Crippen LogP contribution >= 0.6 is 0 Å². The minimum atomic E-state index is -0.540. The summed E-state index contributed by atoms with van der Waals surface area (Å²) in [7, 11) is 0. The smallest absolute Gasteiger partial charge is 0.269 e. The van der Waals surface area contributed by atoms with E-state index in [9.17, 15) is 19.5 Å². The molecule has 0 saturated heterocycles. The molecule has 0 fully saturated rings. The molecular formula is C17H19NO4. The molecule has 1 aliphatic heterocycles. The number of ketones is 1. The van der Waals surface area contributed by atoms with E-state index in [1.54, 1.807) is 18.2 Å². The van der Waals surface area contributed by atoms with Gasteiger partial charge in [-0.1, -0.05) is 13.8 Å². The number of amides is 2. The number of rotatable bonds is 3. The standard InChI is InChI=1S/C17H19NO4/c1-9(2)7-15(21)16-13-8-12(10(3)19)5-6-14(13)18(11(4)20)17(16)22/h5-6,8-9,21H,7H2,1-4H3/b16-15-. The highest BCUT2D eigenvalue weighted by atomic mass is 16.3. The molecule has 22 heavy (non-hydrogen) atoms. The summed E-state index contributed by atoms with van der Waals surface area (Å²) in [5.74, 6) is -0.994. The Morgan fingerprint density at radius 3 is 2.36 bits per heavy atom. The fourth-order valence-electron chi connectivity index (χ4n) is 2.57. The molecule has 2 amide bonds. The molecule has 0 spiro atoms. The molecule has 1 N–H and O–H groups in total. The largest absolute Gasteiger partial charge is 0.511 e. The Morgan fingerprint density at radius 1 is 1.23 bits per heavy atom. The molecular weight excluding hydrogens is 282 g/mol. The first-order chi connectivity index (χ1) is 10.2. The van der Waals surface area contributed by atoms with Crippen molar-refractivity contribution >= 4 is 28.9 Å². The third-order valence-electron chi connectivity index (χ3n) is 3.54. The van der Waals surface area contributed by atoms with Gasteiger partial charge in [-0.05, 0) is 31.0 Å². The van der Waals surface area contributed by atoms with Crippen LogP contribution in [0.2, 0.25) is 0 Å². The fraction of sp³-hybridized carbons (Fsp3) is 0.353. The van der Waals surface area contributed by atoms with Crippen molar-refractivity contribution in [3.63, 3.8) is 0 Å². The summed E-state index contributed by atoms with van der Waals surface area (Å²) in [6.45, 7) is 6.57. The normalized spacial score (nSPS) is 16.0. The zero-order chi connectivity index (χ0) is 16.6. The van der Waals surface area contributed by atoms with Gasteiger partial charge in [0.05, 0.1) is 11.3 Å². The van der Waals surface area contributed by atoms with Crippen LogP contribution < -0.4 is 4.90 Å². The van der Waals surface area contributed by atoms with E-state index in [2.05, 4.69) is 0 Å². The number of aliphatic hydroxyl groups excluding tert-OH is 1. The summed E-state index contributed by atoms with van der Waals surface area (Å²) < 4.78 is 0. The van der Waals surface area contributed by atoms with Crippen molar-refractivity contribution in [3.8, 4) is 0 Å². The highest BCUT2D eigenvalue weighted by Crippen LogP contribution is 2.39.